The van der Waals surface area contributed by atoms with Crippen LogP contribution in [0.4, 0.5) is 4.79 Å². The van der Waals surface area contributed by atoms with E-state index in [1.54, 1.807) is 4.90 Å². The van der Waals surface area contributed by atoms with Crippen molar-refractivity contribution in [2.24, 2.45) is 17.3 Å². The van der Waals surface area contributed by atoms with Crippen LogP contribution in [0.2, 0.25) is 0 Å². The molecular formula is C27H28N2O6. The molecule has 1 saturated carbocycles. The number of rotatable bonds is 6. The summed E-state index contributed by atoms with van der Waals surface area (Å²) in [4.78, 5) is 38.5. The number of likely N-dealkylation sites (tertiary alicyclic amines) is 1. The highest BCUT2D eigenvalue weighted by atomic mass is 16.5. The fourth-order valence-electron chi connectivity index (χ4n) is 6.11. The van der Waals surface area contributed by atoms with E-state index in [0.717, 1.165) is 11.1 Å². The predicted molar refractivity (Wildman–Crippen MR) is 126 cm³/mol. The summed E-state index contributed by atoms with van der Waals surface area (Å²) >= 11 is 0. The molecule has 8 heteroatoms. The van der Waals surface area contributed by atoms with Crippen LogP contribution in [-0.2, 0) is 19.1 Å². The number of hydrogen-bond donors (Lipinski definition) is 2. The summed E-state index contributed by atoms with van der Waals surface area (Å²) in [6.07, 6.45) is 0.396. The maximum Gasteiger partial charge on any atom is 0.407 e. The molecule has 4 aliphatic rings. The van der Waals surface area contributed by atoms with Crippen molar-refractivity contribution in [3.05, 3.63) is 59.7 Å². The van der Waals surface area contributed by atoms with Crippen LogP contribution in [0.1, 0.15) is 29.9 Å². The van der Waals surface area contributed by atoms with E-state index >= 15 is 0 Å². The molecule has 0 aromatic heterocycles. The van der Waals surface area contributed by atoms with Gasteiger partial charge in [0.05, 0.1) is 24.0 Å². The minimum Gasteiger partial charge on any atom is -0.481 e. The maximum atomic E-state index is 12.9. The Morgan fingerprint density at radius 1 is 1.09 bits per heavy atom. The molecule has 6 rings (SSSR count). The lowest BCUT2D eigenvalue weighted by atomic mass is 9.98. The van der Waals surface area contributed by atoms with Crippen LogP contribution in [0.5, 0.6) is 0 Å². The molecule has 2 heterocycles. The van der Waals surface area contributed by atoms with Gasteiger partial charge in [0.2, 0.25) is 5.91 Å². The molecule has 2 aliphatic carbocycles. The van der Waals surface area contributed by atoms with Crippen molar-refractivity contribution >= 4 is 18.0 Å². The van der Waals surface area contributed by atoms with E-state index in [1.165, 1.54) is 11.1 Å². The molecule has 2 N–H and O–H groups in total. The van der Waals surface area contributed by atoms with Crippen LogP contribution in [-0.4, -0.2) is 66.9 Å². The van der Waals surface area contributed by atoms with Gasteiger partial charge < -0.3 is 24.8 Å². The second-order valence-corrected chi connectivity index (χ2v) is 10.2. The quantitative estimate of drug-likeness (QED) is 0.664. The number of amides is 2. The van der Waals surface area contributed by atoms with Crippen LogP contribution in [0.25, 0.3) is 11.1 Å². The van der Waals surface area contributed by atoms with Crippen molar-refractivity contribution < 1.29 is 29.0 Å². The Morgan fingerprint density at radius 3 is 2.43 bits per heavy atom. The second-order valence-electron chi connectivity index (χ2n) is 10.2. The number of hydrogen-bond acceptors (Lipinski definition) is 5. The molecular weight excluding hydrogens is 448 g/mol. The van der Waals surface area contributed by atoms with Crippen LogP contribution >= 0.6 is 0 Å². The number of piperidine rings is 1. The Balaban J connectivity index is 0.983. The molecule has 0 radical (unpaired) electrons. The van der Waals surface area contributed by atoms with Crippen molar-refractivity contribution in [1.29, 1.82) is 0 Å². The Hall–Kier alpha value is -3.39. The number of alkyl carbamates (subject to hydrolysis) is 1. The zero-order valence-corrected chi connectivity index (χ0v) is 19.3. The van der Waals surface area contributed by atoms with Crippen molar-refractivity contribution in [3.63, 3.8) is 0 Å². The number of carboxylic acid groups (broad SMARTS) is 1. The minimum atomic E-state index is -0.800. The summed E-state index contributed by atoms with van der Waals surface area (Å²) in [5.74, 6) is -1.06. The van der Waals surface area contributed by atoms with Gasteiger partial charge in [0.15, 0.2) is 0 Å². The van der Waals surface area contributed by atoms with Gasteiger partial charge in [0.1, 0.15) is 6.61 Å². The van der Waals surface area contributed by atoms with Gasteiger partial charge in [-0.2, -0.15) is 0 Å². The van der Waals surface area contributed by atoms with Gasteiger partial charge in [-0.1, -0.05) is 48.5 Å². The van der Waals surface area contributed by atoms with Gasteiger partial charge in [0.25, 0.3) is 0 Å². The highest BCUT2D eigenvalue weighted by Gasteiger charge is 2.66. The number of carbonyl (C=O) groups is 3. The van der Waals surface area contributed by atoms with E-state index < -0.39 is 17.5 Å². The van der Waals surface area contributed by atoms with Crippen molar-refractivity contribution in [1.82, 2.24) is 10.2 Å². The molecule has 2 aromatic carbocycles. The summed E-state index contributed by atoms with van der Waals surface area (Å²) in [5.41, 5.74) is 3.95. The van der Waals surface area contributed by atoms with E-state index in [4.69, 9.17) is 9.47 Å². The SMILES string of the molecule is O=C(NCC1CC(C(=O)N2CC3CC3(C(=O)O)C2)CO1)OCC1c2ccccc2-c2ccccc21. The van der Waals surface area contributed by atoms with Crippen LogP contribution in [0.3, 0.4) is 0 Å². The zero-order chi connectivity index (χ0) is 24.2. The third-order valence-corrected chi connectivity index (χ3v) is 8.13. The van der Waals surface area contributed by atoms with Gasteiger partial charge in [-0.3, -0.25) is 9.59 Å². The fraction of sp³-hybridized carbons (Fsp3) is 0.444. The summed E-state index contributed by atoms with van der Waals surface area (Å²) in [5, 5.41) is 12.2. The van der Waals surface area contributed by atoms with E-state index in [1.807, 2.05) is 24.3 Å². The molecule has 4 atom stereocenters. The number of nitrogens with one attached hydrogen (secondary N) is 1. The Labute approximate surface area is 203 Å². The first kappa shape index (κ1) is 22.1. The normalized spacial score (nSPS) is 28.2. The molecule has 0 bridgehead atoms. The maximum absolute atomic E-state index is 12.9. The molecule has 3 fully saturated rings. The number of benzene rings is 2. The van der Waals surface area contributed by atoms with Crippen LogP contribution in [0, 0.1) is 17.3 Å². The molecule has 35 heavy (non-hydrogen) atoms. The lowest BCUT2D eigenvalue weighted by Crippen LogP contribution is -2.38. The lowest BCUT2D eigenvalue weighted by Gasteiger charge is -2.22. The molecule has 0 spiro atoms. The predicted octanol–water partition coefficient (Wildman–Crippen LogP) is 2.86. The molecule has 4 unspecified atom stereocenters. The number of nitrogens with zero attached hydrogens (tertiary/aromatic N) is 1. The van der Waals surface area contributed by atoms with Crippen LogP contribution in [0.15, 0.2) is 48.5 Å². The summed E-state index contributed by atoms with van der Waals surface area (Å²) in [7, 11) is 0. The first-order chi connectivity index (χ1) is 17.0. The Bertz CT molecular complexity index is 1150. The molecule has 2 aliphatic heterocycles. The monoisotopic (exact) mass is 476 g/mol. The van der Waals surface area contributed by atoms with E-state index in [2.05, 4.69) is 29.6 Å². The van der Waals surface area contributed by atoms with Crippen molar-refractivity contribution in [3.8, 4) is 11.1 Å². The third kappa shape index (κ3) is 3.76. The number of fused-ring (bicyclic) bond motifs is 4. The van der Waals surface area contributed by atoms with Crippen LogP contribution < -0.4 is 5.32 Å². The summed E-state index contributed by atoms with van der Waals surface area (Å²) in [6.45, 7) is 1.61. The molecule has 2 amide bonds. The van der Waals surface area contributed by atoms with Gasteiger partial charge in [-0.05, 0) is 41.0 Å². The zero-order valence-electron chi connectivity index (χ0n) is 19.3. The first-order valence-corrected chi connectivity index (χ1v) is 12.2. The van der Waals surface area contributed by atoms with Gasteiger partial charge in [-0.25, -0.2) is 4.79 Å². The van der Waals surface area contributed by atoms with Crippen molar-refractivity contribution in [2.45, 2.75) is 24.9 Å². The third-order valence-electron chi connectivity index (χ3n) is 8.13. The minimum absolute atomic E-state index is 0.00125. The molecule has 2 aromatic rings. The smallest absolute Gasteiger partial charge is 0.407 e. The molecule has 182 valence electrons. The first-order valence-electron chi connectivity index (χ1n) is 12.2. The van der Waals surface area contributed by atoms with Gasteiger partial charge in [0, 0.05) is 25.6 Å². The summed E-state index contributed by atoms with van der Waals surface area (Å²) < 4.78 is 11.3. The Kier molecular flexibility index (Phi) is 5.29. The van der Waals surface area contributed by atoms with Gasteiger partial charge >= 0.3 is 12.1 Å². The topological polar surface area (TPSA) is 105 Å². The summed E-state index contributed by atoms with van der Waals surface area (Å²) in [6, 6.07) is 16.4. The van der Waals surface area contributed by atoms with E-state index in [-0.39, 0.29) is 49.5 Å². The number of carbonyl (C=O) groups excluding carboxylic acids is 2. The van der Waals surface area contributed by atoms with Gasteiger partial charge in [-0.15, -0.1) is 0 Å². The largest absolute Gasteiger partial charge is 0.481 e. The average Bonchev–Trinajstić information content (AvgIpc) is 3.21. The number of aliphatic carboxylic acids is 1. The Morgan fingerprint density at radius 2 is 1.77 bits per heavy atom. The number of carboxylic acids is 1. The van der Waals surface area contributed by atoms with Crippen molar-refractivity contribution in [2.75, 3.05) is 32.8 Å². The van der Waals surface area contributed by atoms with E-state index in [0.29, 0.717) is 25.9 Å². The second kappa shape index (κ2) is 8.37. The lowest BCUT2D eigenvalue weighted by molar-refractivity contribution is -0.144. The fourth-order valence-corrected chi connectivity index (χ4v) is 6.11. The molecule has 2 saturated heterocycles. The average molecular weight is 477 g/mol. The highest BCUT2D eigenvalue weighted by molar-refractivity contribution is 5.85. The standard InChI is InChI=1S/C27H28N2O6/c30-24(29-12-17-10-27(17,15-29)25(31)32)16-9-18(34-13-16)11-28-26(33)35-14-23-21-7-3-1-5-19(21)20-6-2-4-8-22(20)23/h1-8,16-18,23H,9-15H2,(H,28,33)(H,31,32). The van der Waals surface area contributed by atoms with E-state index in [9.17, 15) is 19.5 Å². The number of ether oxygens (including phenoxy) is 2. The highest BCUT2D eigenvalue weighted by Crippen LogP contribution is 2.58. The molecule has 8 nitrogen and oxygen atoms in total.